The minimum absolute atomic E-state index is 0.634. The summed E-state index contributed by atoms with van der Waals surface area (Å²) in [6.45, 7) is 0. The number of nitrogen functional groups attached to an aromatic ring is 2. The third-order valence-electron chi connectivity index (χ3n) is 0.964. The summed E-state index contributed by atoms with van der Waals surface area (Å²) in [6.07, 6.45) is 0. The number of methoxy groups -OCH3 is 1. The Morgan fingerprint density at radius 2 is 2.22 bits per heavy atom. The van der Waals surface area contributed by atoms with Gasteiger partial charge in [-0.05, 0) is 0 Å². The van der Waals surface area contributed by atoms with Crippen molar-refractivity contribution in [3.05, 3.63) is 6.07 Å². The summed E-state index contributed by atoms with van der Waals surface area (Å²) < 4.78 is 4.87. The van der Waals surface area contributed by atoms with Gasteiger partial charge in [0.15, 0.2) is 5.75 Å². The average Bonchev–Trinajstić information content (AvgIpc) is 2.10. The third kappa shape index (κ3) is 1.08. The largest absolute Gasteiger partial charge is 0.494 e. The number of hydrogen-bond donors (Lipinski definition) is 2. The monoisotopic (exact) mass is 144 g/mol. The highest BCUT2D eigenvalue weighted by Gasteiger charge is 2.01. The molecular formula is C5H8N2OS. The number of thiophene rings is 1. The van der Waals surface area contributed by atoms with E-state index in [1.54, 1.807) is 13.2 Å². The van der Waals surface area contributed by atoms with Crippen LogP contribution in [-0.4, -0.2) is 7.11 Å². The van der Waals surface area contributed by atoms with E-state index in [2.05, 4.69) is 0 Å². The Morgan fingerprint density at radius 3 is 2.44 bits per heavy atom. The smallest absolute Gasteiger partial charge is 0.155 e. The van der Waals surface area contributed by atoms with Crippen LogP contribution in [0.5, 0.6) is 5.75 Å². The minimum Gasteiger partial charge on any atom is -0.494 e. The number of anilines is 2. The van der Waals surface area contributed by atoms with Crippen LogP contribution in [0.3, 0.4) is 0 Å². The lowest BCUT2D eigenvalue weighted by Crippen LogP contribution is -1.84. The summed E-state index contributed by atoms with van der Waals surface area (Å²) in [5.74, 6) is 0.664. The molecule has 0 radical (unpaired) electrons. The van der Waals surface area contributed by atoms with E-state index in [1.807, 2.05) is 0 Å². The molecule has 0 aromatic carbocycles. The fourth-order valence-corrected chi connectivity index (χ4v) is 1.23. The minimum atomic E-state index is 0.634. The van der Waals surface area contributed by atoms with Gasteiger partial charge in [0.25, 0.3) is 0 Å². The van der Waals surface area contributed by atoms with Crippen molar-refractivity contribution in [2.45, 2.75) is 0 Å². The van der Waals surface area contributed by atoms with Crippen LogP contribution < -0.4 is 16.2 Å². The second-order valence-electron chi connectivity index (χ2n) is 1.58. The van der Waals surface area contributed by atoms with E-state index < -0.39 is 0 Å². The Balaban J connectivity index is 3.01. The van der Waals surface area contributed by atoms with Crippen molar-refractivity contribution in [2.75, 3.05) is 18.6 Å². The molecule has 0 atom stereocenters. The Labute approximate surface area is 57.2 Å². The van der Waals surface area contributed by atoms with Crippen molar-refractivity contribution in [1.29, 1.82) is 0 Å². The highest BCUT2D eigenvalue weighted by atomic mass is 32.1. The van der Waals surface area contributed by atoms with Gasteiger partial charge in [0.05, 0.1) is 12.1 Å². The molecule has 0 aliphatic carbocycles. The van der Waals surface area contributed by atoms with Gasteiger partial charge >= 0.3 is 0 Å². The Kier molecular flexibility index (Phi) is 1.48. The van der Waals surface area contributed by atoms with Crippen LogP contribution in [0.4, 0.5) is 10.0 Å². The Morgan fingerprint density at radius 1 is 1.56 bits per heavy atom. The first-order valence-corrected chi connectivity index (χ1v) is 3.24. The zero-order valence-corrected chi connectivity index (χ0v) is 5.87. The van der Waals surface area contributed by atoms with E-state index in [9.17, 15) is 0 Å². The molecule has 1 rings (SSSR count). The molecule has 50 valence electrons. The molecule has 0 aliphatic rings. The molecule has 4 N–H and O–H groups in total. The lowest BCUT2D eigenvalue weighted by molar-refractivity contribution is 0.419. The van der Waals surface area contributed by atoms with Gasteiger partial charge < -0.3 is 16.2 Å². The van der Waals surface area contributed by atoms with Crippen LogP contribution >= 0.6 is 11.3 Å². The molecule has 0 fully saturated rings. The van der Waals surface area contributed by atoms with E-state index in [4.69, 9.17) is 16.2 Å². The predicted molar refractivity (Wildman–Crippen MR) is 39.7 cm³/mol. The summed E-state index contributed by atoms with van der Waals surface area (Å²) in [6, 6.07) is 1.71. The molecular weight excluding hydrogens is 136 g/mol. The van der Waals surface area contributed by atoms with Crippen molar-refractivity contribution >= 4 is 21.3 Å². The molecule has 0 unspecified atom stereocenters. The van der Waals surface area contributed by atoms with Gasteiger partial charge in [-0.1, -0.05) is 11.3 Å². The molecule has 9 heavy (non-hydrogen) atoms. The molecule has 0 amide bonds. The second kappa shape index (κ2) is 2.14. The van der Waals surface area contributed by atoms with Crippen molar-refractivity contribution in [1.82, 2.24) is 0 Å². The van der Waals surface area contributed by atoms with Crippen LogP contribution in [0.15, 0.2) is 6.07 Å². The summed E-state index contributed by atoms with van der Waals surface area (Å²) in [4.78, 5) is 0. The van der Waals surface area contributed by atoms with E-state index in [0.717, 1.165) is 0 Å². The fraction of sp³-hybridized carbons (Fsp3) is 0.200. The quantitative estimate of drug-likeness (QED) is 0.616. The summed E-state index contributed by atoms with van der Waals surface area (Å²) in [5.41, 5.74) is 10.9. The van der Waals surface area contributed by atoms with Crippen LogP contribution in [0, 0.1) is 0 Å². The molecule has 0 spiro atoms. The Bertz CT molecular complexity index is 209. The second-order valence-corrected chi connectivity index (χ2v) is 2.70. The van der Waals surface area contributed by atoms with Crippen LogP contribution in [0.1, 0.15) is 0 Å². The van der Waals surface area contributed by atoms with Gasteiger partial charge in [-0.3, -0.25) is 0 Å². The first-order chi connectivity index (χ1) is 4.24. The lowest BCUT2D eigenvalue weighted by atomic mass is 10.5. The zero-order valence-electron chi connectivity index (χ0n) is 5.05. The Hall–Kier alpha value is -0.900. The van der Waals surface area contributed by atoms with E-state index in [-0.39, 0.29) is 0 Å². The van der Waals surface area contributed by atoms with Crippen molar-refractivity contribution in [3.8, 4) is 5.75 Å². The van der Waals surface area contributed by atoms with Gasteiger partial charge in [-0.25, -0.2) is 0 Å². The molecule has 1 aromatic heterocycles. The number of ether oxygens (including phenoxy) is 1. The van der Waals surface area contributed by atoms with Crippen molar-refractivity contribution in [3.63, 3.8) is 0 Å². The number of rotatable bonds is 1. The summed E-state index contributed by atoms with van der Waals surface area (Å²) in [5, 5.41) is 1.32. The maximum absolute atomic E-state index is 5.47. The van der Waals surface area contributed by atoms with E-state index in [1.165, 1.54) is 11.3 Å². The summed E-state index contributed by atoms with van der Waals surface area (Å²) >= 11 is 1.32. The van der Waals surface area contributed by atoms with Gasteiger partial charge in [-0.15, -0.1) is 0 Å². The molecule has 0 saturated carbocycles. The molecule has 0 aliphatic heterocycles. The van der Waals surface area contributed by atoms with E-state index in [0.29, 0.717) is 15.8 Å². The maximum atomic E-state index is 5.47. The zero-order chi connectivity index (χ0) is 6.85. The van der Waals surface area contributed by atoms with Crippen LogP contribution in [0.25, 0.3) is 0 Å². The van der Waals surface area contributed by atoms with E-state index >= 15 is 0 Å². The molecule has 1 heterocycles. The summed E-state index contributed by atoms with van der Waals surface area (Å²) in [7, 11) is 1.57. The van der Waals surface area contributed by atoms with Gasteiger partial charge in [0, 0.05) is 6.07 Å². The molecule has 0 bridgehead atoms. The van der Waals surface area contributed by atoms with Gasteiger partial charge in [0.1, 0.15) is 5.00 Å². The lowest BCUT2D eigenvalue weighted by Gasteiger charge is -1.92. The normalized spacial score (nSPS) is 9.44. The van der Waals surface area contributed by atoms with Crippen molar-refractivity contribution in [2.24, 2.45) is 0 Å². The first-order valence-electron chi connectivity index (χ1n) is 2.43. The first kappa shape index (κ1) is 6.22. The average molecular weight is 144 g/mol. The number of nitrogens with two attached hydrogens (primary N) is 2. The van der Waals surface area contributed by atoms with Crippen LogP contribution in [0.2, 0.25) is 0 Å². The van der Waals surface area contributed by atoms with Crippen molar-refractivity contribution < 1.29 is 4.74 Å². The topological polar surface area (TPSA) is 61.3 Å². The predicted octanol–water partition coefficient (Wildman–Crippen LogP) is 0.921. The SMILES string of the molecule is COc1cc(N)sc1N. The standard InChI is InChI=1S/C5H8N2OS/c1-8-3-2-4(6)9-5(3)7/h2H,6-7H2,1H3. The van der Waals surface area contributed by atoms with Gasteiger partial charge in [-0.2, -0.15) is 0 Å². The molecule has 1 aromatic rings. The van der Waals surface area contributed by atoms with Gasteiger partial charge in [0.2, 0.25) is 0 Å². The molecule has 4 heteroatoms. The highest BCUT2D eigenvalue weighted by Crippen LogP contribution is 2.32. The maximum Gasteiger partial charge on any atom is 0.155 e. The van der Waals surface area contributed by atoms with Crippen LogP contribution in [-0.2, 0) is 0 Å². The third-order valence-corrected chi connectivity index (χ3v) is 1.74. The number of hydrogen-bond acceptors (Lipinski definition) is 4. The fourth-order valence-electron chi connectivity index (χ4n) is 0.567. The molecule has 3 nitrogen and oxygen atoms in total. The molecule has 0 saturated heterocycles. The highest BCUT2D eigenvalue weighted by molar-refractivity contribution is 7.20.